The van der Waals surface area contributed by atoms with E-state index in [1.807, 2.05) is 13.8 Å². The van der Waals surface area contributed by atoms with E-state index in [9.17, 15) is 9.59 Å². The van der Waals surface area contributed by atoms with Gasteiger partial charge in [-0.25, -0.2) is 0 Å². The summed E-state index contributed by atoms with van der Waals surface area (Å²) in [5, 5.41) is 3.22. The average molecular weight is 341 g/mol. The van der Waals surface area contributed by atoms with Crippen LogP contribution in [0, 0.1) is 5.92 Å². The molecule has 1 atom stereocenters. The Hall–Kier alpha value is -1.95. The van der Waals surface area contributed by atoms with E-state index in [-0.39, 0.29) is 30.2 Å². The fourth-order valence-electron chi connectivity index (χ4n) is 2.57. The highest BCUT2D eigenvalue weighted by Gasteiger charge is 2.36. The number of halogens is 1. The average Bonchev–Trinajstić information content (AvgIpc) is 2.88. The lowest BCUT2D eigenvalue weighted by Crippen LogP contribution is -2.37. The molecule has 1 aliphatic heterocycles. The molecule has 1 fully saturated rings. The molecular formula is C16H21ClN2O4. The lowest BCUT2D eigenvalue weighted by molar-refractivity contribution is -0.126. The second kappa shape index (κ2) is 7.08. The van der Waals surface area contributed by atoms with Crippen LogP contribution in [0.25, 0.3) is 0 Å². The molecule has 0 bridgehead atoms. The first-order valence-corrected chi connectivity index (χ1v) is 7.77. The number of hydrogen-bond acceptors (Lipinski definition) is 4. The summed E-state index contributed by atoms with van der Waals surface area (Å²) < 4.78 is 10.5. The van der Waals surface area contributed by atoms with Crippen molar-refractivity contribution < 1.29 is 19.1 Å². The largest absolute Gasteiger partial charge is 0.495 e. The third kappa shape index (κ3) is 3.69. The fourth-order valence-corrected chi connectivity index (χ4v) is 2.81. The topological polar surface area (TPSA) is 67.9 Å². The van der Waals surface area contributed by atoms with E-state index in [0.717, 1.165) is 0 Å². The van der Waals surface area contributed by atoms with Crippen LogP contribution in [0.2, 0.25) is 5.02 Å². The number of benzene rings is 1. The van der Waals surface area contributed by atoms with Crippen LogP contribution in [0.5, 0.6) is 11.5 Å². The summed E-state index contributed by atoms with van der Waals surface area (Å²) in [5.74, 6) is 0.316. The van der Waals surface area contributed by atoms with Gasteiger partial charge in [0.2, 0.25) is 11.8 Å². The zero-order chi connectivity index (χ0) is 17.1. The van der Waals surface area contributed by atoms with Crippen molar-refractivity contribution in [1.82, 2.24) is 5.32 Å². The second-order valence-electron chi connectivity index (χ2n) is 5.73. The Kier molecular flexibility index (Phi) is 5.36. The Bertz CT molecular complexity index is 618. The van der Waals surface area contributed by atoms with Crippen molar-refractivity contribution >= 4 is 29.1 Å². The summed E-state index contributed by atoms with van der Waals surface area (Å²) in [6.45, 7) is 4.08. The van der Waals surface area contributed by atoms with E-state index in [4.69, 9.17) is 21.1 Å². The summed E-state index contributed by atoms with van der Waals surface area (Å²) in [6.07, 6.45) is 0.172. The quantitative estimate of drug-likeness (QED) is 0.892. The van der Waals surface area contributed by atoms with E-state index in [2.05, 4.69) is 5.32 Å². The standard InChI is InChI=1S/C16H21ClN2O4/c1-9(2)18-16(21)10-5-15(20)19(8-10)12-6-11(17)13(22-3)7-14(12)23-4/h6-7,9-10H,5,8H2,1-4H3,(H,18,21). The van der Waals surface area contributed by atoms with Crippen molar-refractivity contribution in [3.8, 4) is 11.5 Å². The van der Waals surface area contributed by atoms with Crippen molar-refractivity contribution in [2.75, 3.05) is 25.7 Å². The Morgan fingerprint density at radius 3 is 2.52 bits per heavy atom. The molecule has 1 aromatic rings. The molecule has 0 saturated carbocycles. The number of carbonyl (C=O) groups excluding carboxylic acids is 2. The minimum Gasteiger partial charge on any atom is -0.495 e. The molecular weight excluding hydrogens is 320 g/mol. The molecule has 1 heterocycles. The summed E-state index contributed by atoms with van der Waals surface area (Å²) in [6, 6.07) is 3.29. The molecule has 1 aromatic carbocycles. The van der Waals surface area contributed by atoms with Gasteiger partial charge in [0, 0.05) is 25.1 Å². The maximum atomic E-state index is 12.3. The van der Waals surface area contributed by atoms with Crippen molar-refractivity contribution in [1.29, 1.82) is 0 Å². The molecule has 0 aliphatic carbocycles. The fraction of sp³-hybridized carbons (Fsp3) is 0.500. The number of anilines is 1. The van der Waals surface area contributed by atoms with Crippen LogP contribution in [-0.2, 0) is 9.59 Å². The normalized spacial score (nSPS) is 17.6. The van der Waals surface area contributed by atoms with Crippen molar-refractivity contribution in [2.45, 2.75) is 26.3 Å². The maximum Gasteiger partial charge on any atom is 0.227 e. The minimum absolute atomic E-state index is 0.0385. The third-order valence-corrected chi connectivity index (χ3v) is 3.97. The third-order valence-electron chi connectivity index (χ3n) is 3.67. The van der Waals surface area contributed by atoms with Gasteiger partial charge in [0.15, 0.2) is 0 Å². The predicted octanol–water partition coefficient (Wildman–Crippen LogP) is 2.23. The van der Waals surface area contributed by atoms with Gasteiger partial charge < -0.3 is 19.7 Å². The molecule has 1 N–H and O–H groups in total. The lowest BCUT2D eigenvalue weighted by atomic mass is 10.1. The first kappa shape index (κ1) is 17.4. The van der Waals surface area contributed by atoms with Gasteiger partial charge >= 0.3 is 0 Å². The van der Waals surface area contributed by atoms with Gasteiger partial charge in [-0.3, -0.25) is 9.59 Å². The van der Waals surface area contributed by atoms with Gasteiger partial charge in [-0.2, -0.15) is 0 Å². The number of nitrogens with zero attached hydrogens (tertiary/aromatic N) is 1. The van der Waals surface area contributed by atoms with Gasteiger partial charge in [0.1, 0.15) is 11.5 Å². The van der Waals surface area contributed by atoms with E-state index < -0.39 is 0 Å². The number of carbonyl (C=O) groups is 2. The Morgan fingerprint density at radius 2 is 1.96 bits per heavy atom. The molecule has 0 spiro atoms. The van der Waals surface area contributed by atoms with Crippen molar-refractivity contribution in [3.63, 3.8) is 0 Å². The minimum atomic E-state index is -0.379. The van der Waals surface area contributed by atoms with Gasteiger partial charge in [-0.15, -0.1) is 0 Å². The molecule has 1 aliphatic rings. The Labute approximate surface area is 140 Å². The Morgan fingerprint density at radius 1 is 1.30 bits per heavy atom. The van der Waals surface area contributed by atoms with E-state index >= 15 is 0 Å². The highest BCUT2D eigenvalue weighted by atomic mass is 35.5. The zero-order valence-electron chi connectivity index (χ0n) is 13.7. The molecule has 23 heavy (non-hydrogen) atoms. The molecule has 1 unspecified atom stereocenters. The van der Waals surface area contributed by atoms with Gasteiger partial charge in [-0.05, 0) is 19.9 Å². The van der Waals surface area contributed by atoms with Crippen LogP contribution in [0.15, 0.2) is 12.1 Å². The number of hydrogen-bond donors (Lipinski definition) is 1. The van der Waals surface area contributed by atoms with Crippen LogP contribution in [0.4, 0.5) is 5.69 Å². The van der Waals surface area contributed by atoms with Crippen LogP contribution >= 0.6 is 11.6 Å². The highest BCUT2D eigenvalue weighted by Crippen LogP contribution is 2.40. The molecule has 1 saturated heterocycles. The van der Waals surface area contributed by atoms with Crippen molar-refractivity contribution in [3.05, 3.63) is 17.2 Å². The number of nitrogens with one attached hydrogen (secondary N) is 1. The number of methoxy groups -OCH3 is 2. The Balaban J connectivity index is 2.27. The van der Waals surface area contributed by atoms with E-state index in [1.165, 1.54) is 19.1 Å². The maximum absolute atomic E-state index is 12.3. The van der Waals surface area contributed by atoms with Crippen LogP contribution < -0.4 is 19.7 Å². The number of ether oxygens (including phenoxy) is 2. The van der Waals surface area contributed by atoms with E-state index in [1.54, 1.807) is 12.1 Å². The molecule has 7 heteroatoms. The molecule has 6 nitrogen and oxygen atoms in total. The highest BCUT2D eigenvalue weighted by molar-refractivity contribution is 6.32. The number of rotatable bonds is 5. The molecule has 126 valence electrons. The van der Waals surface area contributed by atoms with Gasteiger partial charge in [-0.1, -0.05) is 11.6 Å². The van der Waals surface area contributed by atoms with E-state index in [0.29, 0.717) is 28.8 Å². The first-order valence-electron chi connectivity index (χ1n) is 7.39. The summed E-state index contributed by atoms with van der Waals surface area (Å²) in [4.78, 5) is 26.0. The molecule has 2 amide bonds. The van der Waals surface area contributed by atoms with Crippen LogP contribution in [0.1, 0.15) is 20.3 Å². The predicted molar refractivity (Wildman–Crippen MR) is 88.3 cm³/mol. The molecule has 0 radical (unpaired) electrons. The number of amides is 2. The van der Waals surface area contributed by atoms with Gasteiger partial charge in [0.05, 0.1) is 30.8 Å². The van der Waals surface area contributed by atoms with Crippen LogP contribution in [0.3, 0.4) is 0 Å². The molecule has 2 rings (SSSR count). The summed E-state index contributed by atoms with van der Waals surface area (Å²) in [5.41, 5.74) is 0.545. The van der Waals surface area contributed by atoms with Crippen molar-refractivity contribution in [2.24, 2.45) is 5.92 Å². The zero-order valence-corrected chi connectivity index (χ0v) is 14.4. The lowest BCUT2D eigenvalue weighted by Gasteiger charge is -2.21. The van der Waals surface area contributed by atoms with Crippen LogP contribution in [-0.4, -0.2) is 38.6 Å². The summed E-state index contributed by atoms with van der Waals surface area (Å²) >= 11 is 6.15. The second-order valence-corrected chi connectivity index (χ2v) is 6.13. The monoisotopic (exact) mass is 340 g/mol. The van der Waals surface area contributed by atoms with Gasteiger partial charge in [0.25, 0.3) is 0 Å². The SMILES string of the molecule is COc1cc(OC)c(N2CC(C(=O)NC(C)C)CC2=O)cc1Cl. The summed E-state index contributed by atoms with van der Waals surface area (Å²) in [7, 11) is 3.02. The molecule has 0 aromatic heterocycles. The smallest absolute Gasteiger partial charge is 0.227 e. The first-order chi connectivity index (χ1) is 10.9.